The average molecular weight is 459 g/mol. The van der Waals surface area contributed by atoms with Gasteiger partial charge in [0.05, 0.1) is 11.7 Å². The molecule has 1 aliphatic carbocycles. The van der Waals surface area contributed by atoms with Crippen LogP contribution >= 0.6 is 0 Å². The van der Waals surface area contributed by atoms with Gasteiger partial charge in [0.2, 0.25) is 0 Å². The van der Waals surface area contributed by atoms with Crippen LogP contribution in [0, 0.1) is 0 Å². The minimum absolute atomic E-state index is 0.0885. The summed E-state index contributed by atoms with van der Waals surface area (Å²) >= 11 is 0. The van der Waals surface area contributed by atoms with Crippen molar-refractivity contribution in [1.82, 2.24) is 5.32 Å². The first-order valence-electron chi connectivity index (χ1n) is 12.1. The third-order valence-electron chi connectivity index (χ3n) is 6.94. The molecule has 0 bridgehead atoms. The molecular weight excluding hydrogens is 424 g/mol. The molecule has 0 aromatic heterocycles. The molecule has 178 valence electrons. The fourth-order valence-corrected chi connectivity index (χ4v) is 4.90. The first-order valence-corrected chi connectivity index (χ1v) is 12.1. The normalized spacial score (nSPS) is 21.0. The fraction of sp³-hybridized carbons (Fsp3) is 0.379. The van der Waals surface area contributed by atoms with Crippen molar-refractivity contribution >= 4 is 17.4 Å². The molecule has 5 nitrogen and oxygen atoms in total. The highest BCUT2D eigenvalue weighted by molar-refractivity contribution is 6.04. The van der Waals surface area contributed by atoms with Crippen LogP contribution in [0.25, 0.3) is 0 Å². The van der Waals surface area contributed by atoms with Crippen molar-refractivity contribution in [2.45, 2.75) is 58.0 Å². The Morgan fingerprint density at radius 1 is 1.06 bits per heavy atom. The third kappa shape index (κ3) is 4.65. The number of ketones is 1. The Labute approximate surface area is 202 Å². The topological polar surface area (TPSA) is 58.6 Å². The number of ether oxygens (including phenoxy) is 1. The van der Waals surface area contributed by atoms with Crippen LogP contribution in [0.1, 0.15) is 63.0 Å². The van der Waals surface area contributed by atoms with E-state index in [9.17, 15) is 9.59 Å². The van der Waals surface area contributed by atoms with Gasteiger partial charge in [-0.3, -0.25) is 4.79 Å². The summed E-state index contributed by atoms with van der Waals surface area (Å²) in [5, 5.41) is 3.43. The van der Waals surface area contributed by atoms with E-state index in [2.05, 4.69) is 17.4 Å². The van der Waals surface area contributed by atoms with Gasteiger partial charge < -0.3 is 15.0 Å². The number of nitrogens with zero attached hydrogens (tertiary/aromatic N) is 1. The largest absolute Gasteiger partial charge is 0.459 e. The molecule has 1 aliphatic heterocycles. The summed E-state index contributed by atoms with van der Waals surface area (Å²) in [4.78, 5) is 29.0. The van der Waals surface area contributed by atoms with Gasteiger partial charge in [0.1, 0.15) is 0 Å². The minimum atomic E-state index is -0.437. The van der Waals surface area contributed by atoms with Gasteiger partial charge in [-0.1, -0.05) is 49.4 Å². The quantitative estimate of drug-likeness (QED) is 0.583. The lowest BCUT2D eigenvalue weighted by Crippen LogP contribution is -2.36. The number of Topliss-reactive ketones (excluding diaryl/α,β-unsaturated/α-hetero) is 1. The van der Waals surface area contributed by atoms with Crippen molar-refractivity contribution in [2.24, 2.45) is 0 Å². The number of allylic oxidation sites excluding steroid dienone is 3. The predicted molar refractivity (Wildman–Crippen MR) is 136 cm³/mol. The molecule has 34 heavy (non-hydrogen) atoms. The number of esters is 1. The molecule has 2 aliphatic rings. The Hall–Kier alpha value is -3.34. The minimum Gasteiger partial charge on any atom is -0.459 e. The molecule has 0 fully saturated rings. The number of dihydropyridines is 1. The lowest BCUT2D eigenvalue weighted by atomic mass is 9.71. The van der Waals surface area contributed by atoms with Crippen molar-refractivity contribution < 1.29 is 14.3 Å². The van der Waals surface area contributed by atoms with Gasteiger partial charge in [0, 0.05) is 49.1 Å². The number of benzene rings is 2. The maximum absolute atomic E-state index is 13.6. The Morgan fingerprint density at radius 3 is 2.35 bits per heavy atom. The molecule has 0 saturated carbocycles. The van der Waals surface area contributed by atoms with Crippen molar-refractivity contribution in [2.75, 3.05) is 19.0 Å². The van der Waals surface area contributed by atoms with Crippen LogP contribution in [0.3, 0.4) is 0 Å². The number of rotatable bonds is 6. The number of nitrogens with one attached hydrogen (secondary N) is 1. The maximum atomic E-state index is 13.6. The zero-order chi connectivity index (χ0) is 24.4. The molecule has 0 spiro atoms. The molecule has 4 rings (SSSR count). The standard InChI is InChI=1S/C29H34N2O3/c1-6-18(2)34-29(33)26-19(3)30-24-16-22(20-10-8-7-9-11-20)17-25(32)28(24)27(26)21-12-14-23(15-13-21)31(4)5/h7-15,18,22,27,30H,6,16-17H2,1-5H3/t18-,22-,27-/m1/s1. The molecule has 2 aromatic rings. The zero-order valence-corrected chi connectivity index (χ0v) is 20.7. The van der Waals surface area contributed by atoms with Crippen LogP contribution in [0.15, 0.2) is 77.1 Å². The van der Waals surface area contributed by atoms with E-state index in [-0.39, 0.29) is 23.8 Å². The first-order chi connectivity index (χ1) is 16.3. The summed E-state index contributed by atoms with van der Waals surface area (Å²) in [5.74, 6) is -0.581. The van der Waals surface area contributed by atoms with Gasteiger partial charge in [0.25, 0.3) is 0 Å². The number of carbonyl (C=O) groups is 2. The Kier molecular flexibility index (Phi) is 6.92. The van der Waals surface area contributed by atoms with Gasteiger partial charge in [-0.2, -0.15) is 0 Å². The second-order valence-corrected chi connectivity index (χ2v) is 9.54. The molecular formula is C29H34N2O3. The lowest BCUT2D eigenvalue weighted by molar-refractivity contribution is -0.144. The molecule has 1 N–H and O–H groups in total. The highest BCUT2D eigenvalue weighted by Crippen LogP contribution is 2.46. The van der Waals surface area contributed by atoms with E-state index in [4.69, 9.17) is 4.74 Å². The summed E-state index contributed by atoms with van der Waals surface area (Å²) < 4.78 is 5.75. The summed E-state index contributed by atoms with van der Waals surface area (Å²) in [6, 6.07) is 18.3. The summed E-state index contributed by atoms with van der Waals surface area (Å²) in [5.41, 5.74) is 6.07. The first kappa shape index (κ1) is 23.8. The Bertz CT molecular complexity index is 1130. The second-order valence-electron chi connectivity index (χ2n) is 9.54. The molecule has 3 atom stereocenters. The van der Waals surface area contributed by atoms with Crippen LogP contribution < -0.4 is 10.2 Å². The lowest BCUT2D eigenvalue weighted by Gasteiger charge is -2.37. The van der Waals surface area contributed by atoms with Crippen LogP contribution in [-0.4, -0.2) is 32.0 Å². The van der Waals surface area contributed by atoms with Crippen LogP contribution in [0.2, 0.25) is 0 Å². The Morgan fingerprint density at radius 2 is 1.74 bits per heavy atom. The van der Waals surface area contributed by atoms with Crippen molar-refractivity contribution in [3.63, 3.8) is 0 Å². The van der Waals surface area contributed by atoms with E-state index in [0.29, 0.717) is 17.6 Å². The summed E-state index contributed by atoms with van der Waals surface area (Å²) in [6.07, 6.45) is 1.72. The van der Waals surface area contributed by atoms with Crippen LogP contribution in [-0.2, 0) is 14.3 Å². The molecule has 0 amide bonds. The highest BCUT2D eigenvalue weighted by Gasteiger charge is 2.41. The van der Waals surface area contributed by atoms with Crippen LogP contribution in [0.4, 0.5) is 5.69 Å². The van der Waals surface area contributed by atoms with Crippen molar-refractivity contribution in [3.8, 4) is 0 Å². The van der Waals surface area contributed by atoms with E-state index in [1.54, 1.807) is 0 Å². The predicted octanol–water partition coefficient (Wildman–Crippen LogP) is 5.46. The molecule has 0 radical (unpaired) electrons. The van der Waals surface area contributed by atoms with Crippen molar-refractivity contribution in [3.05, 3.63) is 88.3 Å². The van der Waals surface area contributed by atoms with E-state index >= 15 is 0 Å². The molecule has 0 saturated heterocycles. The van der Waals surface area contributed by atoms with Gasteiger partial charge in [0.15, 0.2) is 5.78 Å². The average Bonchev–Trinajstić information content (AvgIpc) is 2.83. The van der Waals surface area contributed by atoms with Gasteiger partial charge in [-0.15, -0.1) is 0 Å². The molecule has 2 aromatic carbocycles. The third-order valence-corrected chi connectivity index (χ3v) is 6.94. The fourth-order valence-electron chi connectivity index (χ4n) is 4.90. The molecule has 0 unspecified atom stereocenters. The Balaban J connectivity index is 1.78. The van der Waals surface area contributed by atoms with Gasteiger partial charge >= 0.3 is 5.97 Å². The SMILES string of the molecule is CC[C@@H](C)OC(=O)C1=C(C)NC2=C(C(=O)C[C@H](c3ccccc3)C2)[C@@H]1c1ccc(N(C)C)cc1. The van der Waals surface area contributed by atoms with E-state index in [0.717, 1.165) is 35.5 Å². The zero-order valence-electron chi connectivity index (χ0n) is 20.7. The summed E-state index contributed by atoms with van der Waals surface area (Å²) in [7, 11) is 3.99. The van der Waals surface area contributed by atoms with Crippen molar-refractivity contribution in [1.29, 1.82) is 0 Å². The number of anilines is 1. The van der Waals surface area contributed by atoms with Gasteiger partial charge in [-0.05, 0) is 55.9 Å². The number of carbonyl (C=O) groups excluding carboxylic acids is 2. The van der Waals surface area contributed by atoms with Gasteiger partial charge in [-0.25, -0.2) is 4.79 Å². The van der Waals surface area contributed by atoms with E-state index in [1.807, 2.05) is 82.2 Å². The number of hydrogen-bond acceptors (Lipinski definition) is 5. The van der Waals surface area contributed by atoms with E-state index in [1.165, 1.54) is 5.56 Å². The summed E-state index contributed by atoms with van der Waals surface area (Å²) in [6.45, 7) is 5.80. The monoisotopic (exact) mass is 458 g/mol. The smallest absolute Gasteiger partial charge is 0.337 e. The molecule has 5 heteroatoms. The highest BCUT2D eigenvalue weighted by atomic mass is 16.5. The maximum Gasteiger partial charge on any atom is 0.337 e. The van der Waals surface area contributed by atoms with E-state index < -0.39 is 5.92 Å². The van der Waals surface area contributed by atoms with Crippen LogP contribution in [0.5, 0.6) is 0 Å². The molecule has 1 heterocycles. The number of hydrogen-bond donors (Lipinski definition) is 1. The second kappa shape index (κ2) is 9.88.